The highest BCUT2D eigenvalue weighted by Crippen LogP contribution is 2.32. The monoisotopic (exact) mass is 439 g/mol. The van der Waals surface area contributed by atoms with Crippen LogP contribution >= 0.6 is 0 Å². The van der Waals surface area contributed by atoms with Gasteiger partial charge in [-0.2, -0.15) is 0 Å². The first-order valence-electron chi connectivity index (χ1n) is 10.2. The lowest BCUT2D eigenvalue weighted by Gasteiger charge is -2.39. The van der Waals surface area contributed by atoms with E-state index in [4.69, 9.17) is 14.2 Å². The highest BCUT2D eigenvalue weighted by molar-refractivity contribution is 5.91. The third-order valence-electron chi connectivity index (χ3n) is 5.55. The fourth-order valence-corrected chi connectivity index (χ4v) is 4.02. The van der Waals surface area contributed by atoms with Crippen LogP contribution in [0.2, 0.25) is 0 Å². The Kier molecular flexibility index (Phi) is 7.62. The van der Waals surface area contributed by atoms with Crippen molar-refractivity contribution < 1.29 is 33.5 Å². The first-order valence-corrected chi connectivity index (χ1v) is 10.2. The molecular formula is C24H27N2O6+. The standard InChI is InChI=1S/C24H26N2O6/c1-30-20(27)14-18-19(23(28)31-2)15-26(17-12-8-5-9-13-17)22(21(18)24(29)32-3)25-16-10-6-4-7-11-16/h4-13,15,18,21-22,25H,14H2,1-3H3/p+1. The number of hydrogen-bond donors (Lipinski definition) is 2. The van der Waals surface area contributed by atoms with E-state index in [1.807, 2.05) is 60.7 Å². The van der Waals surface area contributed by atoms with Crippen molar-refractivity contribution in [3.63, 3.8) is 0 Å². The van der Waals surface area contributed by atoms with Crippen LogP contribution < -0.4 is 10.2 Å². The summed E-state index contributed by atoms with van der Waals surface area (Å²) in [4.78, 5) is 38.7. The van der Waals surface area contributed by atoms with Gasteiger partial charge in [-0.15, -0.1) is 0 Å². The molecule has 32 heavy (non-hydrogen) atoms. The molecule has 0 bridgehead atoms. The summed E-state index contributed by atoms with van der Waals surface area (Å²) >= 11 is 0. The van der Waals surface area contributed by atoms with Crippen LogP contribution in [0.4, 0.5) is 11.4 Å². The molecule has 8 nitrogen and oxygen atoms in total. The van der Waals surface area contributed by atoms with Gasteiger partial charge >= 0.3 is 17.9 Å². The molecule has 168 valence electrons. The zero-order chi connectivity index (χ0) is 23.1. The summed E-state index contributed by atoms with van der Waals surface area (Å²) < 4.78 is 15.0. The van der Waals surface area contributed by atoms with Gasteiger partial charge in [0.2, 0.25) is 0 Å². The fourth-order valence-electron chi connectivity index (χ4n) is 4.02. The molecular weight excluding hydrogens is 412 g/mol. The Morgan fingerprint density at radius 3 is 2.06 bits per heavy atom. The summed E-state index contributed by atoms with van der Waals surface area (Å²) in [5, 5.41) is 3.41. The van der Waals surface area contributed by atoms with Crippen LogP contribution in [-0.4, -0.2) is 45.4 Å². The van der Waals surface area contributed by atoms with Crippen molar-refractivity contribution in [3.05, 3.63) is 72.4 Å². The predicted molar refractivity (Wildman–Crippen MR) is 117 cm³/mol. The number of ether oxygens (including phenoxy) is 3. The summed E-state index contributed by atoms with van der Waals surface area (Å²) in [6, 6.07) is 18.8. The molecule has 0 spiro atoms. The van der Waals surface area contributed by atoms with Crippen LogP contribution in [0, 0.1) is 11.8 Å². The SMILES string of the molecule is COC(=O)CC1C(C(=O)OC)=C[NH+](c2ccccc2)C(Nc2ccccc2)C1C(=O)OC. The zero-order valence-corrected chi connectivity index (χ0v) is 18.2. The molecule has 1 heterocycles. The molecule has 2 aromatic rings. The van der Waals surface area contributed by atoms with Crippen LogP contribution in [0.15, 0.2) is 72.4 Å². The zero-order valence-electron chi connectivity index (χ0n) is 18.2. The van der Waals surface area contributed by atoms with Gasteiger partial charge in [-0.05, 0) is 24.3 Å². The van der Waals surface area contributed by atoms with E-state index < -0.39 is 35.9 Å². The summed E-state index contributed by atoms with van der Waals surface area (Å²) in [6.07, 6.45) is 0.955. The second kappa shape index (κ2) is 10.6. The summed E-state index contributed by atoms with van der Waals surface area (Å²) in [5.74, 6) is -3.38. The van der Waals surface area contributed by atoms with Crippen LogP contribution in [0.25, 0.3) is 0 Å². The van der Waals surface area contributed by atoms with Gasteiger partial charge < -0.3 is 19.5 Å². The van der Waals surface area contributed by atoms with E-state index >= 15 is 0 Å². The van der Waals surface area contributed by atoms with E-state index in [2.05, 4.69) is 5.32 Å². The van der Waals surface area contributed by atoms with Crippen LogP contribution in [0.1, 0.15) is 6.42 Å². The molecule has 2 aromatic carbocycles. The number of methoxy groups -OCH3 is 3. The Balaban J connectivity index is 2.19. The molecule has 0 aromatic heterocycles. The van der Waals surface area contributed by atoms with Gasteiger partial charge in [0.1, 0.15) is 17.8 Å². The molecule has 0 radical (unpaired) electrons. The number of carbonyl (C=O) groups is 3. The topological polar surface area (TPSA) is 95.4 Å². The quantitative estimate of drug-likeness (QED) is 0.501. The molecule has 0 saturated carbocycles. The van der Waals surface area contributed by atoms with E-state index in [0.29, 0.717) is 4.90 Å². The van der Waals surface area contributed by atoms with Crippen molar-refractivity contribution in [1.82, 2.24) is 0 Å². The average molecular weight is 439 g/mol. The third kappa shape index (κ3) is 4.97. The van der Waals surface area contributed by atoms with Crippen molar-refractivity contribution >= 4 is 29.3 Å². The number of hydrogen-bond acceptors (Lipinski definition) is 7. The lowest BCUT2D eigenvalue weighted by Crippen LogP contribution is -3.11. The molecule has 8 heteroatoms. The van der Waals surface area contributed by atoms with Gasteiger partial charge in [-0.3, -0.25) is 14.5 Å². The van der Waals surface area contributed by atoms with Gasteiger partial charge in [0.05, 0.1) is 33.3 Å². The molecule has 4 unspecified atom stereocenters. The minimum absolute atomic E-state index is 0.174. The van der Waals surface area contributed by atoms with E-state index in [0.717, 1.165) is 11.4 Å². The van der Waals surface area contributed by atoms with Crippen molar-refractivity contribution in [2.45, 2.75) is 12.6 Å². The average Bonchev–Trinajstić information content (AvgIpc) is 2.84. The van der Waals surface area contributed by atoms with Gasteiger partial charge in [0.25, 0.3) is 0 Å². The summed E-state index contributed by atoms with van der Waals surface area (Å²) in [7, 11) is 3.82. The van der Waals surface area contributed by atoms with Crippen molar-refractivity contribution in [1.29, 1.82) is 0 Å². The van der Waals surface area contributed by atoms with E-state index in [-0.39, 0.29) is 12.0 Å². The number of rotatable bonds is 7. The molecule has 4 atom stereocenters. The lowest BCUT2D eigenvalue weighted by molar-refractivity contribution is -0.809. The number of anilines is 1. The molecule has 2 N–H and O–H groups in total. The van der Waals surface area contributed by atoms with E-state index in [9.17, 15) is 14.4 Å². The van der Waals surface area contributed by atoms with Crippen molar-refractivity contribution in [3.8, 4) is 0 Å². The Morgan fingerprint density at radius 2 is 1.50 bits per heavy atom. The number of esters is 3. The number of carbonyl (C=O) groups excluding carboxylic acids is 3. The van der Waals surface area contributed by atoms with Crippen LogP contribution in [0.5, 0.6) is 0 Å². The predicted octanol–water partition coefficient (Wildman–Crippen LogP) is 1.68. The highest BCUT2D eigenvalue weighted by atomic mass is 16.5. The van der Waals surface area contributed by atoms with E-state index in [1.54, 1.807) is 6.20 Å². The number of nitrogens with one attached hydrogen (secondary N) is 2. The Labute approximate surface area is 186 Å². The fraction of sp³-hybridized carbons (Fsp3) is 0.292. The van der Waals surface area contributed by atoms with Crippen molar-refractivity contribution in [2.24, 2.45) is 11.8 Å². The molecule has 0 aliphatic carbocycles. The molecule has 0 fully saturated rings. The van der Waals surface area contributed by atoms with Crippen LogP contribution in [-0.2, 0) is 28.6 Å². The lowest BCUT2D eigenvalue weighted by atomic mass is 9.78. The molecule has 1 aliphatic rings. The summed E-state index contributed by atoms with van der Waals surface area (Å²) in [5.41, 5.74) is 1.83. The normalized spacial score (nSPS) is 22.3. The minimum atomic E-state index is -0.881. The van der Waals surface area contributed by atoms with Gasteiger partial charge in [0, 0.05) is 11.6 Å². The Morgan fingerprint density at radius 1 is 0.875 bits per heavy atom. The highest BCUT2D eigenvalue weighted by Gasteiger charge is 2.51. The Bertz CT molecular complexity index is 976. The molecule has 3 rings (SSSR count). The maximum absolute atomic E-state index is 13.1. The van der Waals surface area contributed by atoms with Crippen molar-refractivity contribution in [2.75, 3.05) is 26.6 Å². The van der Waals surface area contributed by atoms with Gasteiger partial charge in [0.15, 0.2) is 6.17 Å². The maximum Gasteiger partial charge on any atom is 0.339 e. The smallest absolute Gasteiger partial charge is 0.339 e. The molecule has 1 aliphatic heterocycles. The second-order valence-corrected chi connectivity index (χ2v) is 7.34. The molecule has 0 amide bonds. The third-order valence-corrected chi connectivity index (χ3v) is 5.55. The largest absolute Gasteiger partial charge is 0.469 e. The van der Waals surface area contributed by atoms with E-state index in [1.165, 1.54) is 21.3 Å². The van der Waals surface area contributed by atoms with Gasteiger partial charge in [-0.25, -0.2) is 4.79 Å². The van der Waals surface area contributed by atoms with Gasteiger partial charge in [-0.1, -0.05) is 36.4 Å². The first kappa shape index (κ1) is 23.0. The summed E-state index contributed by atoms with van der Waals surface area (Å²) in [6.45, 7) is 0. The Hall–Kier alpha value is -3.65. The second-order valence-electron chi connectivity index (χ2n) is 7.34. The number of para-hydroxylation sites is 2. The first-order chi connectivity index (χ1) is 15.5. The molecule has 0 saturated heterocycles. The minimum Gasteiger partial charge on any atom is -0.469 e. The van der Waals surface area contributed by atoms with Crippen LogP contribution in [0.3, 0.4) is 0 Å². The number of quaternary nitrogens is 1. The number of benzene rings is 2. The maximum atomic E-state index is 13.1.